The number of aryl methyl sites for hydroxylation is 1. The van der Waals surface area contributed by atoms with Crippen molar-refractivity contribution in [3.05, 3.63) is 41.0 Å². The molecule has 132 valence electrons. The second-order valence-electron chi connectivity index (χ2n) is 4.46. The van der Waals surface area contributed by atoms with Gasteiger partial charge in [-0.1, -0.05) is 58.9 Å². The highest BCUT2D eigenvalue weighted by atomic mass is 32.2. The van der Waals surface area contributed by atoms with Crippen molar-refractivity contribution in [2.24, 2.45) is 0 Å². The number of hydrogen-bond acceptors (Lipinski definition) is 3. The van der Waals surface area contributed by atoms with Gasteiger partial charge in [0.1, 0.15) is 0 Å². The van der Waals surface area contributed by atoms with Crippen LogP contribution in [0.1, 0.15) is 59.6 Å². The van der Waals surface area contributed by atoms with Gasteiger partial charge in [0.2, 0.25) is 10.0 Å². The number of nitrogens with one attached hydrogen (secondary N) is 1. The average molecular weight is 342 g/mol. The molecule has 0 aliphatic heterocycles. The van der Waals surface area contributed by atoms with Crippen molar-refractivity contribution in [1.82, 2.24) is 4.72 Å². The van der Waals surface area contributed by atoms with Crippen molar-refractivity contribution >= 4 is 21.5 Å². The van der Waals surface area contributed by atoms with Crippen molar-refractivity contribution in [2.45, 2.75) is 54.9 Å². The van der Waals surface area contributed by atoms with Crippen LogP contribution in [0.2, 0.25) is 0 Å². The van der Waals surface area contributed by atoms with Gasteiger partial charge in [0.05, 0.1) is 6.26 Å². The molecule has 4 nitrogen and oxygen atoms in total. The van der Waals surface area contributed by atoms with Crippen molar-refractivity contribution < 1.29 is 13.2 Å². The van der Waals surface area contributed by atoms with Gasteiger partial charge in [0, 0.05) is 5.57 Å². The fraction of sp³-hybridized carbons (Fsp3) is 0.500. The summed E-state index contributed by atoms with van der Waals surface area (Å²) in [5, 5.41) is 0. The second kappa shape index (κ2) is 11.9. The molecule has 1 rings (SSSR count). The Morgan fingerprint density at radius 1 is 1.04 bits per heavy atom. The van der Waals surface area contributed by atoms with Gasteiger partial charge in [0.25, 0.3) is 5.91 Å². The Balaban J connectivity index is 0. The lowest BCUT2D eigenvalue weighted by molar-refractivity contribution is -0.115. The Labute approximate surface area is 142 Å². The van der Waals surface area contributed by atoms with Crippen LogP contribution in [0.15, 0.2) is 29.8 Å². The lowest BCUT2D eigenvalue weighted by atomic mass is 9.96. The Hall–Kier alpha value is -1.62. The predicted molar refractivity (Wildman–Crippen MR) is 99.8 cm³/mol. The van der Waals surface area contributed by atoms with E-state index in [1.54, 1.807) is 6.92 Å². The molecule has 0 radical (unpaired) electrons. The number of hydrogen-bond donors (Lipinski definition) is 1. The molecule has 1 aromatic rings. The summed E-state index contributed by atoms with van der Waals surface area (Å²) in [7, 11) is -3.53. The summed E-state index contributed by atoms with van der Waals surface area (Å²) < 4.78 is 24.1. The van der Waals surface area contributed by atoms with Gasteiger partial charge in [0.15, 0.2) is 0 Å². The van der Waals surface area contributed by atoms with Crippen LogP contribution in [0.5, 0.6) is 0 Å². The fourth-order valence-corrected chi connectivity index (χ4v) is 2.30. The molecule has 0 unspecified atom stereocenters. The molecule has 1 amide bonds. The minimum Gasteiger partial charge on any atom is -0.269 e. The van der Waals surface area contributed by atoms with Crippen LogP contribution < -0.4 is 4.72 Å². The third-order valence-corrected chi connectivity index (χ3v) is 3.54. The fourth-order valence-electron chi connectivity index (χ4n) is 1.81. The van der Waals surface area contributed by atoms with Crippen molar-refractivity contribution in [2.75, 3.05) is 6.26 Å². The van der Waals surface area contributed by atoms with Gasteiger partial charge in [-0.05, 0) is 37.0 Å². The molecule has 0 atom stereocenters. The van der Waals surface area contributed by atoms with E-state index in [1.807, 2.05) is 70.5 Å². The molecule has 0 spiro atoms. The highest BCUT2D eigenvalue weighted by molar-refractivity contribution is 7.89. The quantitative estimate of drug-likeness (QED) is 0.836. The highest BCUT2D eigenvalue weighted by Gasteiger charge is 2.14. The number of carbonyl (C=O) groups is 1. The maximum Gasteiger partial charge on any atom is 0.260 e. The lowest BCUT2D eigenvalue weighted by Gasteiger charge is -2.11. The maximum atomic E-state index is 11.8. The monoisotopic (exact) mass is 341 g/mol. The molecular weight excluding hydrogens is 310 g/mol. The van der Waals surface area contributed by atoms with E-state index >= 15 is 0 Å². The molecule has 0 heterocycles. The molecule has 23 heavy (non-hydrogen) atoms. The molecule has 0 aliphatic rings. The van der Waals surface area contributed by atoms with E-state index in [-0.39, 0.29) is 0 Å². The standard InChI is InChI=1S/C14H19NO3S.2C2H6/c1-5-12-8-6-7-9-13(12)10(2)11(3)14(16)15-19(4,17)18;2*1-2/h6-9H,5H2,1-4H3,(H,15,16);2*1-2H3/b11-10+;;. The Morgan fingerprint density at radius 2 is 1.52 bits per heavy atom. The van der Waals surface area contributed by atoms with Crippen LogP contribution in [0, 0.1) is 0 Å². The van der Waals surface area contributed by atoms with Gasteiger partial charge in [-0.2, -0.15) is 0 Å². The topological polar surface area (TPSA) is 63.2 Å². The number of allylic oxidation sites excluding steroid dienone is 1. The summed E-state index contributed by atoms with van der Waals surface area (Å²) in [6.07, 6.45) is 1.82. The molecular formula is C18H31NO3S. The van der Waals surface area contributed by atoms with E-state index in [0.29, 0.717) is 5.57 Å². The molecule has 0 aromatic heterocycles. The van der Waals surface area contributed by atoms with Crippen LogP contribution in [-0.4, -0.2) is 20.6 Å². The summed E-state index contributed by atoms with van der Waals surface area (Å²) in [4.78, 5) is 11.8. The Kier molecular flexibility index (Phi) is 12.2. The molecule has 0 saturated carbocycles. The van der Waals surface area contributed by atoms with Crippen molar-refractivity contribution in [1.29, 1.82) is 0 Å². The SMILES string of the molecule is CC.CC.CCc1ccccc1/C(C)=C(\C)C(=O)NS(C)(=O)=O. The van der Waals surface area contributed by atoms with E-state index in [9.17, 15) is 13.2 Å². The summed E-state index contributed by atoms with van der Waals surface area (Å²) >= 11 is 0. The van der Waals surface area contributed by atoms with Gasteiger partial charge in [-0.25, -0.2) is 13.1 Å². The minimum atomic E-state index is -3.53. The first-order valence-electron chi connectivity index (χ1n) is 8.04. The van der Waals surface area contributed by atoms with Gasteiger partial charge >= 0.3 is 0 Å². The van der Waals surface area contributed by atoms with Gasteiger partial charge < -0.3 is 0 Å². The molecule has 1 N–H and O–H groups in total. The zero-order valence-electron chi connectivity index (χ0n) is 15.6. The van der Waals surface area contributed by atoms with Crippen LogP contribution in [-0.2, 0) is 21.2 Å². The van der Waals surface area contributed by atoms with E-state index < -0.39 is 15.9 Å². The molecule has 0 fully saturated rings. The number of amides is 1. The van der Waals surface area contributed by atoms with E-state index in [4.69, 9.17) is 0 Å². The first-order chi connectivity index (χ1) is 10.8. The Morgan fingerprint density at radius 3 is 1.96 bits per heavy atom. The summed E-state index contributed by atoms with van der Waals surface area (Å²) in [6.45, 7) is 13.5. The van der Waals surface area contributed by atoms with Gasteiger partial charge in [-0.3, -0.25) is 4.79 Å². The predicted octanol–water partition coefficient (Wildman–Crippen LogP) is 4.17. The molecule has 1 aromatic carbocycles. The third-order valence-electron chi connectivity index (χ3n) is 2.98. The second-order valence-corrected chi connectivity index (χ2v) is 6.21. The minimum absolute atomic E-state index is 0.409. The van der Waals surface area contributed by atoms with Crippen LogP contribution in [0.4, 0.5) is 0 Å². The number of benzene rings is 1. The molecule has 0 aliphatic carbocycles. The van der Waals surface area contributed by atoms with E-state index in [2.05, 4.69) is 0 Å². The molecule has 0 bridgehead atoms. The average Bonchev–Trinajstić information content (AvgIpc) is 2.55. The van der Waals surface area contributed by atoms with Crippen molar-refractivity contribution in [3.8, 4) is 0 Å². The normalized spacial score (nSPS) is 11.1. The van der Waals surface area contributed by atoms with Crippen molar-refractivity contribution in [3.63, 3.8) is 0 Å². The Bertz CT molecular complexity index is 617. The largest absolute Gasteiger partial charge is 0.269 e. The van der Waals surface area contributed by atoms with Crippen LogP contribution >= 0.6 is 0 Å². The van der Waals surface area contributed by atoms with Gasteiger partial charge in [-0.15, -0.1) is 0 Å². The smallest absolute Gasteiger partial charge is 0.260 e. The number of sulfonamides is 1. The first kappa shape index (κ1) is 23.6. The summed E-state index contributed by atoms with van der Waals surface area (Å²) in [5.41, 5.74) is 3.31. The summed E-state index contributed by atoms with van der Waals surface area (Å²) in [5.74, 6) is -0.578. The maximum absolute atomic E-state index is 11.8. The summed E-state index contributed by atoms with van der Waals surface area (Å²) in [6, 6.07) is 7.78. The molecule has 5 heteroatoms. The van der Waals surface area contributed by atoms with E-state index in [1.165, 1.54) is 0 Å². The highest BCUT2D eigenvalue weighted by Crippen LogP contribution is 2.22. The molecule has 0 saturated heterocycles. The number of carbonyl (C=O) groups excluding carboxylic acids is 1. The van der Waals surface area contributed by atoms with E-state index in [0.717, 1.165) is 29.4 Å². The first-order valence-corrected chi connectivity index (χ1v) is 9.93. The third kappa shape index (κ3) is 8.55. The lowest BCUT2D eigenvalue weighted by Crippen LogP contribution is -2.30. The number of rotatable bonds is 4. The zero-order chi connectivity index (χ0) is 18.6. The zero-order valence-corrected chi connectivity index (χ0v) is 16.5. The van der Waals surface area contributed by atoms with Crippen LogP contribution in [0.3, 0.4) is 0 Å². The van der Waals surface area contributed by atoms with Crippen LogP contribution in [0.25, 0.3) is 5.57 Å².